The molecule has 0 fully saturated rings. The fraction of sp³-hybridized carbons (Fsp3) is 0.0159. The van der Waals surface area contributed by atoms with Crippen molar-refractivity contribution in [3.63, 3.8) is 0 Å². The molecule has 66 heavy (non-hydrogen) atoms. The van der Waals surface area contributed by atoms with E-state index < -0.39 is 5.41 Å². The smallest absolute Gasteiger partial charge is 0.160 e. The lowest BCUT2D eigenvalue weighted by Crippen LogP contribution is -2.26. The lowest BCUT2D eigenvalue weighted by atomic mass is 9.69. The van der Waals surface area contributed by atoms with Crippen LogP contribution in [0.4, 0.5) is 0 Å². The molecule has 2 nitrogen and oxygen atoms in total. The van der Waals surface area contributed by atoms with E-state index in [0.29, 0.717) is 5.82 Å². The Kier molecular flexibility index (Phi) is 8.10. The van der Waals surface area contributed by atoms with Gasteiger partial charge in [-0.3, -0.25) is 0 Å². The van der Waals surface area contributed by atoms with Crippen LogP contribution in [0.3, 0.4) is 0 Å². The first-order chi connectivity index (χ1) is 32.7. The minimum atomic E-state index is -0.528. The van der Waals surface area contributed by atoms with Gasteiger partial charge in [0, 0.05) is 36.9 Å². The van der Waals surface area contributed by atoms with Crippen molar-refractivity contribution >= 4 is 42.3 Å². The number of thiophene rings is 1. The standard InChI is InChI=1S/C63H38N2S/c1-2-17-40(18-3-1)62-64-57(38-58(65-62)53-27-15-25-51-49-22-8-12-30-56(49)63(60(51)53)54-28-10-6-20-47(54)48-21-7-11-29-55(48)63)45-36-43(42-33-32-39-16-4-5-19-41(39)34-42)35-44(37-45)46-24-14-26-52-50-23-9-13-31-59(50)66-61(46)52/h1-38H. The zero-order valence-corrected chi connectivity index (χ0v) is 36.6. The summed E-state index contributed by atoms with van der Waals surface area (Å²) >= 11 is 1.87. The van der Waals surface area contributed by atoms with Gasteiger partial charge in [-0.15, -0.1) is 11.3 Å². The molecule has 0 amide bonds. The van der Waals surface area contributed by atoms with E-state index in [-0.39, 0.29) is 0 Å². The van der Waals surface area contributed by atoms with Crippen LogP contribution in [-0.2, 0) is 5.41 Å². The monoisotopic (exact) mass is 854 g/mol. The third-order valence-corrected chi connectivity index (χ3v) is 15.3. The minimum Gasteiger partial charge on any atom is -0.228 e. The molecule has 12 aromatic rings. The Morgan fingerprint density at radius 1 is 0.318 bits per heavy atom. The van der Waals surface area contributed by atoms with Gasteiger partial charge in [-0.1, -0.05) is 194 Å². The molecule has 2 aromatic heterocycles. The van der Waals surface area contributed by atoms with Gasteiger partial charge in [-0.2, -0.15) is 0 Å². The van der Waals surface area contributed by atoms with Gasteiger partial charge in [-0.05, 0) is 114 Å². The second-order valence-electron chi connectivity index (χ2n) is 17.6. The maximum absolute atomic E-state index is 5.56. The highest BCUT2D eigenvalue weighted by Gasteiger charge is 2.52. The summed E-state index contributed by atoms with van der Waals surface area (Å²) in [4.78, 5) is 11.1. The third-order valence-electron chi connectivity index (χ3n) is 14.1. The molecule has 0 radical (unpaired) electrons. The topological polar surface area (TPSA) is 25.8 Å². The Morgan fingerprint density at radius 3 is 1.67 bits per heavy atom. The van der Waals surface area contributed by atoms with Crippen molar-refractivity contribution in [2.45, 2.75) is 5.41 Å². The average molecular weight is 855 g/mol. The number of rotatable bonds is 5. The van der Waals surface area contributed by atoms with Gasteiger partial charge in [-0.25, -0.2) is 9.97 Å². The van der Waals surface area contributed by atoms with E-state index in [1.165, 1.54) is 81.0 Å². The predicted molar refractivity (Wildman–Crippen MR) is 276 cm³/mol. The van der Waals surface area contributed by atoms with Gasteiger partial charge in [0.25, 0.3) is 0 Å². The highest BCUT2D eigenvalue weighted by molar-refractivity contribution is 7.26. The fourth-order valence-corrected chi connectivity index (χ4v) is 12.5. The normalized spacial score (nSPS) is 13.0. The van der Waals surface area contributed by atoms with Crippen LogP contribution < -0.4 is 0 Å². The second kappa shape index (κ2) is 14.4. The van der Waals surface area contributed by atoms with Crippen LogP contribution in [0.2, 0.25) is 0 Å². The van der Waals surface area contributed by atoms with Gasteiger partial charge in [0.1, 0.15) is 0 Å². The second-order valence-corrected chi connectivity index (χ2v) is 18.6. The summed E-state index contributed by atoms with van der Waals surface area (Å²) in [5.74, 6) is 0.696. The van der Waals surface area contributed by atoms with Crippen molar-refractivity contribution in [3.05, 3.63) is 253 Å². The van der Waals surface area contributed by atoms with Crippen LogP contribution in [0.5, 0.6) is 0 Å². The van der Waals surface area contributed by atoms with Gasteiger partial charge in [0.15, 0.2) is 5.82 Å². The summed E-state index contributed by atoms with van der Waals surface area (Å²) in [7, 11) is 0. The molecule has 10 aromatic carbocycles. The minimum absolute atomic E-state index is 0.528. The molecule has 1 spiro atoms. The van der Waals surface area contributed by atoms with E-state index >= 15 is 0 Å². The molecule has 0 unspecified atom stereocenters. The molecule has 2 aliphatic carbocycles. The molecule has 14 rings (SSSR count). The van der Waals surface area contributed by atoms with E-state index in [0.717, 1.165) is 44.8 Å². The van der Waals surface area contributed by atoms with Crippen molar-refractivity contribution in [2.75, 3.05) is 0 Å². The SMILES string of the molecule is c1ccc(-c2nc(-c3cc(-c4ccc5ccccc5c4)cc(-c4cccc5c4sc4ccccc45)c3)cc(-c3cccc4c3C3(c5ccccc5-c5ccccc53)c3ccccc3-4)n2)cc1. The Morgan fingerprint density at radius 2 is 0.879 bits per heavy atom. The highest BCUT2D eigenvalue weighted by atomic mass is 32.1. The van der Waals surface area contributed by atoms with Crippen molar-refractivity contribution in [1.29, 1.82) is 0 Å². The van der Waals surface area contributed by atoms with Crippen LogP contribution in [0.25, 0.3) is 109 Å². The van der Waals surface area contributed by atoms with E-state index in [1.54, 1.807) is 0 Å². The van der Waals surface area contributed by atoms with E-state index in [4.69, 9.17) is 9.97 Å². The summed E-state index contributed by atoms with van der Waals surface area (Å²) in [5.41, 5.74) is 19.3. The molecule has 0 saturated heterocycles. The lowest BCUT2D eigenvalue weighted by molar-refractivity contribution is 0.795. The molecular weight excluding hydrogens is 817 g/mol. The number of aromatic nitrogens is 2. The van der Waals surface area contributed by atoms with Crippen molar-refractivity contribution in [3.8, 4) is 78.4 Å². The van der Waals surface area contributed by atoms with Crippen molar-refractivity contribution in [2.24, 2.45) is 0 Å². The molecule has 0 N–H and O–H groups in total. The molecule has 2 heterocycles. The first-order valence-electron chi connectivity index (χ1n) is 22.6. The molecule has 0 saturated carbocycles. The summed E-state index contributed by atoms with van der Waals surface area (Å²) in [6.45, 7) is 0. The maximum Gasteiger partial charge on any atom is 0.160 e. The predicted octanol–water partition coefficient (Wildman–Crippen LogP) is 16.7. The van der Waals surface area contributed by atoms with E-state index in [2.05, 4.69) is 231 Å². The Balaban J connectivity index is 1.05. The molecule has 0 aliphatic heterocycles. The van der Waals surface area contributed by atoms with E-state index in [1.807, 2.05) is 11.3 Å². The van der Waals surface area contributed by atoms with Crippen LogP contribution in [-0.4, -0.2) is 9.97 Å². The van der Waals surface area contributed by atoms with Gasteiger partial charge in [0.05, 0.1) is 16.8 Å². The molecule has 2 aliphatic rings. The number of hydrogen-bond acceptors (Lipinski definition) is 3. The largest absolute Gasteiger partial charge is 0.228 e. The van der Waals surface area contributed by atoms with Gasteiger partial charge in [0.2, 0.25) is 0 Å². The maximum atomic E-state index is 5.56. The first-order valence-corrected chi connectivity index (χ1v) is 23.5. The van der Waals surface area contributed by atoms with Gasteiger partial charge < -0.3 is 0 Å². The lowest BCUT2D eigenvalue weighted by Gasteiger charge is -2.32. The molecule has 0 bridgehead atoms. The average Bonchev–Trinajstić information content (AvgIpc) is 4.03. The van der Waals surface area contributed by atoms with Crippen LogP contribution in [0.1, 0.15) is 22.3 Å². The number of nitrogens with zero attached hydrogens (tertiary/aromatic N) is 2. The van der Waals surface area contributed by atoms with Crippen molar-refractivity contribution in [1.82, 2.24) is 9.97 Å². The number of hydrogen-bond donors (Lipinski definition) is 0. The Hall–Kier alpha value is -8.24. The Labute approximate surface area is 386 Å². The first kappa shape index (κ1) is 37.2. The molecule has 3 heteroatoms. The quantitative estimate of drug-likeness (QED) is 0.172. The van der Waals surface area contributed by atoms with Crippen molar-refractivity contribution < 1.29 is 0 Å². The summed E-state index contributed by atoms with van der Waals surface area (Å²) in [6, 6.07) is 84.5. The van der Waals surface area contributed by atoms with Gasteiger partial charge >= 0.3 is 0 Å². The fourth-order valence-electron chi connectivity index (χ4n) is 11.3. The number of benzene rings is 10. The van der Waals surface area contributed by atoms with Crippen LogP contribution >= 0.6 is 11.3 Å². The summed E-state index contributed by atoms with van der Waals surface area (Å²) in [5, 5.41) is 5.01. The van der Waals surface area contributed by atoms with Crippen LogP contribution in [0, 0.1) is 0 Å². The Bertz CT molecular complexity index is 3890. The summed E-state index contributed by atoms with van der Waals surface area (Å²) in [6.07, 6.45) is 0. The summed E-state index contributed by atoms with van der Waals surface area (Å²) < 4.78 is 2.58. The highest BCUT2D eigenvalue weighted by Crippen LogP contribution is 2.64. The molecular formula is C63H38N2S. The molecule has 306 valence electrons. The molecule has 0 atom stereocenters. The van der Waals surface area contributed by atoms with Crippen LogP contribution in [0.15, 0.2) is 231 Å². The van der Waals surface area contributed by atoms with E-state index in [9.17, 15) is 0 Å². The zero-order chi connectivity index (χ0) is 43.3. The number of fused-ring (bicyclic) bond motifs is 14. The zero-order valence-electron chi connectivity index (χ0n) is 35.7. The third kappa shape index (κ3) is 5.41.